The number of hydrogen-bond donors (Lipinski definition) is 2. The SMILES string of the molecule is CNC(C)c1ccccc1NC(=O)c1ccccc1OC. The van der Waals surface area contributed by atoms with Gasteiger partial charge in [0, 0.05) is 11.7 Å². The standard InChI is InChI=1S/C17H20N2O2/c1-12(18-2)13-8-4-6-10-15(13)19-17(20)14-9-5-7-11-16(14)21-3/h4-12,18H,1-3H3,(H,19,20). The van der Waals surface area contributed by atoms with Gasteiger partial charge in [0.15, 0.2) is 0 Å². The number of anilines is 1. The van der Waals surface area contributed by atoms with Crippen molar-refractivity contribution in [3.8, 4) is 5.75 Å². The summed E-state index contributed by atoms with van der Waals surface area (Å²) >= 11 is 0. The minimum Gasteiger partial charge on any atom is -0.496 e. The molecule has 2 aromatic rings. The van der Waals surface area contributed by atoms with E-state index in [-0.39, 0.29) is 11.9 Å². The van der Waals surface area contributed by atoms with Crippen LogP contribution in [0, 0.1) is 0 Å². The first kappa shape index (κ1) is 15.1. The van der Waals surface area contributed by atoms with Gasteiger partial charge < -0.3 is 15.4 Å². The Labute approximate surface area is 125 Å². The second-order valence-corrected chi connectivity index (χ2v) is 4.75. The maximum atomic E-state index is 12.4. The van der Waals surface area contributed by atoms with E-state index < -0.39 is 0 Å². The molecular weight excluding hydrogens is 264 g/mol. The smallest absolute Gasteiger partial charge is 0.259 e. The summed E-state index contributed by atoms with van der Waals surface area (Å²) in [7, 11) is 3.45. The van der Waals surface area contributed by atoms with Gasteiger partial charge in [-0.3, -0.25) is 4.79 Å². The minimum absolute atomic E-state index is 0.152. The van der Waals surface area contributed by atoms with Crippen molar-refractivity contribution in [3.63, 3.8) is 0 Å². The van der Waals surface area contributed by atoms with Crippen molar-refractivity contribution in [1.29, 1.82) is 0 Å². The van der Waals surface area contributed by atoms with E-state index in [1.54, 1.807) is 19.2 Å². The van der Waals surface area contributed by atoms with Gasteiger partial charge in [-0.2, -0.15) is 0 Å². The largest absolute Gasteiger partial charge is 0.496 e. The Kier molecular flexibility index (Phi) is 4.95. The van der Waals surface area contributed by atoms with Crippen LogP contribution >= 0.6 is 0 Å². The lowest BCUT2D eigenvalue weighted by Gasteiger charge is -2.17. The second-order valence-electron chi connectivity index (χ2n) is 4.75. The minimum atomic E-state index is -0.178. The molecule has 4 heteroatoms. The molecule has 1 unspecified atom stereocenters. The molecule has 0 saturated heterocycles. The molecule has 1 amide bonds. The lowest BCUT2D eigenvalue weighted by atomic mass is 10.1. The van der Waals surface area contributed by atoms with Crippen LogP contribution < -0.4 is 15.4 Å². The highest BCUT2D eigenvalue weighted by Gasteiger charge is 2.14. The van der Waals surface area contributed by atoms with Crippen LogP contribution in [-0.4, -0.2) is 20.1 Å². The van der Waals surface area contributed by atoms with Gasteiger partial charge in [-0.05, 0) is 37.7 Å². The van der Waals surface area contributed by atoms with E-state index >= 15 is 0 Å². The third-order valence-electron chi connectivity index (χ3n) is 3.46. The molecule has 0 radical (unpaired) electrons. The van der Waals surface area contributed by atoms with Crippen molar-refractivity contribution in [2.45, 2.75) is 13.0 Å². The van der Waals surface area contributed by atoms with Gasteiger partial charge in [-0.15, -0.1) is 0 Å². The first-order valence-electron chi connectivity index (χ1n) is 6.88. The Morgan fingerprint density at radius 1 is 1.10 bits per heavy atom. The van der Waals surface area contributed by atoms with Crippen LogP contribution in [0.1, 0.15) is 28.9 Å². The number of carbonyl (C=O) groups is 1. The number of amides is 1. The van der Waals surface area contributed by atoms with Crippen molar-refractivity contribution in [2.75, 3.05) is 19.5 Å². The normalized spacial score (nSPS) is 11.8. The molecule has 0 fully saturated rings. The van der Waals surface area contributed by atoms with Crippen LogP contribution in [0.25, 0.3) is 0 Å². The van der Waals surface area contributed by atoms with E-state index in [4.69, 9.17) is 4.74 Å². The number of nitrogens with one attached hydrogen (secondary N) is 2. The van der Waals surface area contributed by atoms with Crippen LogP contribution in [0.2, 0.25) is 0 Å². The number of carbonyl (C=O) groups excluding carboxylic acids is 1. The van der Waals surface area contributed by atoms with Gasteiger partial charge in [-0.1, -0.05) is 30.3 Å². The molecule has 0 aromatic heterocycles. The first-order valence-corrected chi connectivity index (χ1v) is 6.88. The Bertz CT molecular complexity index is 626. The Hall–Kier alpha value is -2.33. The molecule has 2 N–H and O–H groups in total. The molecule has 0 aliphatic rings. The van der Waals surface area contributed by atoms with Crippen LogP contribution in [0.5, 0.6) is 5.75 Å². The number of rotatable bonds is 5. The van der Waals surface area contributed by atoms with Crippen molar-refractivity contribution in [1.82, 2.24) is 5.32 Å². The number of hydrogen-bond acceptors (Lipinski definition) is 3. The Morgan fingerprint density at radius 2 is 1.76 bits per heavy atom. The highest BCUT2D eigenvalue weighted by molar-refractivity contribution is 6.06. The zero-order valence-electron chi connectivity index (χ0n) is 12.5. The maximum absolute atomic E-state index is 12.4. The predicted octanol–water partition coefficient (Wildman–Crippen LogP) is 3.23. The summed E-state index contributed by atoms with van der Waals surface area (Å²) in [5.74, 6) is 0.386. The molecule has 0 aliphatic carbocycles. The molecule has 2 aromatic carbocycles. The van der Waals surface area contributed by atoms with Gasteiger partial charge in [0.05, 0.1) is 12.7 Å². The first-order chi connectivity index (χ1) is 10.2. The zero-order valence-corrected chi connectivity index (χ0v) is 12.5. The van der Waals surface area contributed by atoms with E-state index in [2.05, 4.69) is 10.6 Å². The topological polar surface area (TPSA) is 50.4 Å². The second kappa shape index (κ2) is 6.90. The molecule has 110 valence electrons. The lowest BCUT2D eigenvalue weighted by Crippen LogP contribution is -2.18. The van der Waals surface area contributed by atoms with E-state index in [1.165, 1.54) is 0 Å². The summed E-state index contributed by atoms with van der Waals surface area (Å²) < 4.78 is 5.23. The molecule has 2 rings (SSSR count). The molecule has 0 saturated carbocycles. The zero-order chi connectivity index (χ0) is 15.2. The predicted molar refractivity (Wildman–Crippen MR) is 84.9 cm³/mol. The number of para-hydroxylation sites is 2. The van der Waals surface area contributed by atoms with Gasteiger partial charge in [0.25, 0.3) is 5.91 Å². The molecule has 0 heterocycles. The summed E-state index contributed by atoms with van der Waals surface area (Å²) in [6.45, 7) is 2.05. The molecule has 0 spiro atoms. The Morgan fingerprint density at radius 3 is 2.48 bits per heavy atom. The summed E-state index contributed by atoms with van der Waals surface area (Å²) in [6.07, 6.45) is 0. The average molecular weight is 284 g/mol. The van der Waals surface area contributed by atoms with Crippen molar-refractivity contribution in [3.05, 3.63) is 59.7 Å². The van der Waals surface area contributed by atoms with Gasteiger partial charge >= 0.3 is 0 Å². The Balaban J connectivity index is 2.28. The molecular formula is C17H20N2O2. The third kappa shape index (κ3) is 3.41. The van der Waals surface area contributed by atoms with E-state index in [1.807, 2.05) is 50.4 Å². The molecule has 1 atom stereocenters. The fraction of sp³-hybridized carbons (Fsp3) is 0.235. The van der Waals surface area contributed by atoms with Crippen molar-refractivity contribution >= 4 is 11.6 Å². The fourth-order valence-electron chi connectivity index (χ4n) is 2.17. The molecule has 0 bridgehead atoms. The number of benzene rings is 2. The monoisotopic (exact) mass is 284 g/mol. The average Bonchev–Trinajstić information content (AvgIpc) is 2.54. The van der Waals surface area contributed by atoms with E-state index in [0.717, 1.165) is 11.3 Å². The summed E-state index contributed by atoms with van der Waals surface area (Å²) in [5.41, 5.74) is 2.37. The number of ether oxygens (including phenoxy) is 1. The van der Waals surface area contributed by atoms with Gasteiger partial charge in [0.2, 0.25) is 0 Å². The molecule has 0 aliphatic heterocycles. The van der Waals surface area contributed by atoms with Crippen LogP contribution in [0.3, 0.4) is 0 Å². The molecule has 4 nitrogen and oxygen atoms in total. The summed E-state index contributed by atoms with van der Waals surface area (Å²) in [4.78, 5) is 12.4. The quantitative estimate of drug-likeness (QED) is 0.886. The van der Waals surface area contributed by atoms with E-state index in [9.17, 15) is 4.79 Å². The van der Waals surface area contributed by atoms with E-state index in [0.29, 0.717) is 11.3 Å². The van der Waals surface area contributed by atoms with Crippen molar-refractivity contribution in [2.24, 2.45) is 0 Å². The maximum Gasteiger partial charge on any atom is 0.259 e. The highest BCUT2D eigenvalue weighted by Crippen LogP contribution is 2.24. The van der Waals surface area contributed by atoms with Gasteiger partial charge in [0.1, 0.15) is 5.75 Å². The highest BCUT2D eigenvalue weighted by atomic mass is 16.5. The van der Waals surface area contributed by atoms with Crippen LogP contribution in [0.15, 0.2) is 48.5 Å². The lowest BCUT2D eigenvalue weighted by molar-refractivity contribution is 0.102. The third-order valence-corrected chi connectivity index (χ3v) is 3.46. The summed E-state index contributed by atoms with van der Waals surface area (Å²) in [6, 6.07) is 15.1. The summed E-state index contributed by atoms with van der Waals surface area (Å²) in [5, 5.41) is 6.14. The number of methoxy groups -OCH3 is 1. The van der Waals surface area contributed by atoms with Gasteiger partial charge in [-0.25, -0.2) is 0 Å². The van der Waals surface area contributed by atoms with Crippen LogP contribution in [-0.2, 0) is 0 Å². The van der Waals surface area contributed by atoms with Crippen LogP contribution in [0.4, 0.5) is 5.69 Å². The van der Waals surface area contributed by atoms with Crippen molar-refractivity contribution < 1.29 is 9.53 Å². The fourth-order valence-corrected chi connectivity index (χ4v) is 2.17. The molecule has 21 heavy (non-hydrogen) atoms.